The molecule has 1 saturated carbocycles. The number of hydrogen-bond acceptors (Lipinski definition) is 4. The van der Waals surface area contributed by atoms with Crippen LogP contribution in [-0.2, 0) is 9.53 Å². The van der Waals surface area contributed by atoms with Crippen molar-refractivity contribution in [3.8, 4) is 0 Å². The van der Waals surface area contributed by atoms with Crippen LogP contribution in [0.5, 0.6) is 0 Å². The number of carbonyl (C=O) groups excluding carboxylic acids is 1. The molecule has 4 nitrogen and oxygen atoms in total. The maximum atomic E-state index is 10.6. The van der Waals surface area contributed by atoms with Gasteiger partial charge in [-0.3, -0.25) is 0 Å². The molecule has 0 atom stereocenters. The number of aliphatic hydroxyl groups excluding tert-OH is 1. The predicted octanol–water partition coefficient (Wildman–Crippen LogP) is -3.90. The molecule has 3 fully saturated rings. The van der Waals surface area contributed by atoms with Crippen molar-refractivity contribution in [1.29, 1.82) is 0 Å². The van der Waals surface area contributed by atoms with Crippen LogP contribution in [0.2, 0.25) is 0 Å². The number of rotatable bonds is 2. The van der Waals surface area contributed by atoms with Gasteiger partial charge in [0.2, 0.25) is 0 Å². The molecule has 1 aliphatic carbocycles. The second-order valence-corrected chi connectivity index (χ2v) is 3.79. The van der Waals surface area contributed by atoms with Gasteiger partial charge in [-0.15, -0.1) is 0 Å². The zero-order valence-corrected chi connectivity index (χ0v) is 10.8. The van der Waals surface area contributed by atoms with E-state index >= 15 is 0 Å². The third kappa shape index (κ3) is 2.38. The summed E-state index contributed by atoms with van der Waals surface area (Å²) < 4.78 is 5.33. The van der Waals surface area contributed by atoms with Gasteiger partial charge in [-0.25, -0.2) is 0 Å². The minimum atomic E-state index is -0.513. The van der Waals surface area contributed by atoms with Gasteiger partial charge in [0.05, 0.1) is 0 Å². The van der Waals surface area contributed by atoms with E-state index in [0.717, 1.165) is 32.7 Å². The van der Waals surface area contributed by atoms with Crippen molar-refractivity contribution < 1.29 is 49.3 Å². The Morgan fingerprint density at radius 1 is 1.50 bits per heavy atom. The summed E-state index contributed by atoms with van der Waals surface area (Å²) in [7, 11) is 0.750. The Morgan fingerprint density at radius 3 is 2.50 bits per heavy atom. The second-order valence-electron chi connectivity index (χ2n) is 3.79. The fourth-order valence-corrected chi connectivity index (χ4v) is 2.28. The van der Waals surface area contributed by atoms with E-state index in [1.807, 2.05) is 0 Å². The summed E-state index contributed by atoms with van der Waals surface area (Å²) >= 11 is 0. The van der Waals surface area contributed by atoms with E-state index in [0.29, 0.717) is 6.61 Å². The third-order valence-electron chi connectivity index (χ3n) is 2.92. The van der Waals surface area contributed by atoms with Gasteiger partial charge in [0, 0.05) is 18.6 Å². The van der Waals surface area contributed by atoms with E-state index in [4.69, 9.17) is 14.9 Å². The van der Waals surface area contributed by atoms with E-state index in [1.54, 1.807) is 0 Å². The Morgan fingerprint density at radius 2 is 2.07 bits per heavy atom. The standard InChI is InChI=1S/C8H12O3.CH3O.Na/c9-5-7-1-2-11-8(3-7,4-7)6-10;1-2;/h6,9H,1-5H2;1H3;/q;-1;+1. The first-order chi connectivity index (χ1) is 6.24. The van der Waals surface area contributed by atoms with Crippen LogP contribution in [0.25, 0.3) is 0 Å². The van der Waals surface area contributed by atoms with Crippen molar-refractivity contribution in [2.45, 2.75) is 24.9 Å². The summed E-state index contributed by atoms with van der Waals surface area (Å²) in [6, 6.07) is 0. The molecular weight excluding hydrogens is 195 g/mol. The Kier molecular flexibility index (Phi) is 5.80. The normalized spacial score (nSPS) is 38.2. The summed E-state index contributed by atoms with van der Waals surface area (Å²) in [4.78, 5) is 10.6. The Bertz CT molecular complexity index is 189. The van der Waals surface area contributed by atoms with Gasteiger partial charge < -0.3 is 19.7 Å². The molecule has 0 amide bonds. The van der Waals surface area contributed by atoms with Gasteiger partial charge >= 0.3 is 29.6 Å². The molecule has 0 spiro atoms. The summed E-state index contributed by atoms with van der Waals surface area (Å²) in [6.07, 6.45) is 3.24. The fourth-order valence-electron chi connectivity index (χ4n) is 2.28. The second kappa shape index (κ2) is 5.58. The van der Waals surface area contributed by atoms with Crippen LogP contribution in [0.1, 0.15) is 19.3 Å². The molecular formula is C9H15NaO4. The number of ether oxygens (including phenoxy) is 1. The maximum absolute atomic E-state index is 10.6. The van der Waals surface area contributed by atoms with Crippen LogP contribution in [0.4, 0.5) is 0 Å². The van der Waals surface area contributed by atoms with E-state index in [-0.39, 0.29) is 41.6 Å². The summed E-state index contributed by atoms with van der Waals surface area (Å²) in [6.45, 7) is 0.825. The van der Waals surface area contributed by atoms with Crippen molar-refractivity contribution in [3.63, 3.8) is 0 Å². The smallest absolute Gasteiger partial charge is 0.857 e. The van der Waals surface area contributed by atoms with Gasteiger partial charge in [0.25, 0.3) is 0 Å². The molecule has 2 aliphatic heterocycles. The third-order valence-corrected chi connectivity index (χ3v) is 2.92. The molecule has 1 N–H and O–H groups in total. The Hall–Kier alpha value is 0.550. The fraction of sp³-hybridized carbons (Fsp3) is 0.889. The Balaban J connectivity index is 0.000000531. The van der Waals surface area contributed by atoms with Crippen molar-refractivity contribution in [2.75, 3.05) is 20.3 Å². The summed E-state index contributed by atoms with van der Waals surface area (Å²) in [5.41, 5.74) is -0.486. The maximum Gasteiger partial charge on any atom is 1.00 e. The van der Waals surface area contributed by atoms with Crippen molar-refractivity contribution in [1.82, 2.24) is 0 Å². The van der Waals surface area contributed by atoms with Gasteiger partial charge in [-0.2, -0.15) is 7.11 Å². The van der Waals surface area contributed by atoms with E-state index in [9.17, 15) is 4.79 Å². The molecule has 3 aliphatic rings. The first-order valence-corrected chi connectivity index (χ1v) is 4.36. The number of hydrogen-bond donors (Lipinski definition) is 1. The van der Waals surface area contributed by atoms with Gasteiger partial charge in [-0.1, -0.05) is 0 Å². The zero-order chi connectivity index (χ0) is 9.95. The largest absolute Gasteiger partial charge is 1.00 e. The molecule has 2 bridgehead atoms. The average Bonchev–Trinajstić information content (AvgIpc) is 2.20. The van der Waals surface area contributed by atoms with Crippen LogP contribution in [0, 0.1) is 5.41 Å². The summed E-state index contributed by atoms with van der Waals surface area (Å²) in [5, 5.41) is 17.3. The van der Waals surface area contributed by atoms with Gasteiger partial charge in [0.1, 0.15) is 5.60 Å². The number of aliphatic hydroxyl groups is 1. The van der Waals surface area contributed by atoms with E-state index in [1.165, 1.54) is 0 Å². The SMILES string of the molecule is C[O-].O=CC12CC(CO)(CCO1)C2.[Na+]. The van der Waals surface area contributed by atoms with Gasteiger partial charge in [0.15, 0.2) is 6.29 Å². The number of fused-ring (bicyclic) bond motifs is 2. The molecule has 0 radical (unpaired) electrons. The van der Waals surface area contributed by atoms with Crippen molar-refractivity contribution in [2.24, 2.45) is 5.41 Å². The Labute approximate surface area is 106 Å². The van der Waals surface area contributed by atoms with Crippen LogP contribution in [0.15, 0.2) is 0 Å². The molecule has 0 unspecified atom stereocenters. The molecule has 14 heavy (non-hydrogen) atoms. The monoisotopic (exact) mass is 210 g/mol. The topological polar surface area (TPSA) is 69.6 Å². The molecule has 0 aromatic rings. The van der Waals surface area contributed by atoms with Crippen LogP contribution in [0.3, 0.4) is 0 Å². The molecule has 0 aromatic carbocycles. The predicted molar refractivity (Wildman–Crippen MR) is 44.0 cm³/mol. The van der Waals surface area contributed by atoms with E-state index in [2.05, 4.69) is 0 Å². The summed E-state index contributed by atoms with van der Waals surface area (Å²) in [5.74, 6) is 0. The first-order valence-electron chi connectivity index (χ1n) is 4.36. The molecule has 2 heterocycles. The van der Waals surface area contributed by atoms with Gasteiger partial charge in [-0.05, 0) is 19.3 Å². The van der Waals surface area contributed by atoms with Crippen LogP contribution in [-0.4, -0.2) is 37.3 Å². The quantitative estimate of drug-likeness (QED) is 0.373. The van der Waals surface area contributed by atoms with Crippen LogP contribution >= 0.6 is 0 Å². The number of aldehydes is 1. The van der Waals surface area contributed by atoms with Crippen molar-refractivity contribution >= 4 is 6.29 Å². The van der Waals surface area contributed by atoms with Crippen LogP contribution < -0.4 is 34.7 Å². The molecule has 0 aromatic heterocycles. The van der Waals surface area contributed by atoms with E-state index < -0.39 is 5.60 Å². The molecule has 2 saturated heterocycles. The minimum absolute atomic E-state index is 0. The zero-order valence-electron chi connectivity index (χ0n) is 8.78. The molecule has 3 rings (SSSR count). The average molecular weight is 210 g/mol. The molecule has 5 heteroatoms. The first kappa shape index (κ1) is 14.6. The number of carbonyl (C=O) groups is 1. The minimum Gasteiger partial charge on any atom is -0.857 e. The van der Waals surface area contributed by atoms with Crippen molar-refractivity contribution in [3.05, 3.63) is 0 Å². The molecule has 76 valence electrons.